The number of nitro groups is 1. The molecular formula is C21H18BrN3O4. The van der Waals surface area contributed by atoms with Crippen LogP contribution in [0.15, 0.2) is 76.3 Å². The number of non-ortho nitro benzene ring substituents is 1. The van der Waals surface area contributed by atoms with Crippen molar-refractivity contribution in [2.45, 2.75) is 6.61 Å². The molecule has 0 aromatic heterocycles. The molecule has 148 valence electrons. The monoisotopic (exact) mass is 455 g/mol. The summed E-state index contributed by atoms with van der Waals surface area (Å²) in [5.41, 5.74) is 5.37. The molecule has 0 saturated carbocycles. The lowest BCUT2D eigenvalue weighted by molar-refractivity contribution is -0.384. The lowest BCUT2D eigenvalue weighted by atomic mass is 10.2. The number of halogens is 1. The van der Waals surface area contributed by atoms with E-state index in [9.17, 15) is 10.1 Å². The highest BCUT2D eigenvalue weighted by Gasteiger charge is 2.06. The molecule has 3 aromatic rings. The van der Waals surface area contributed by atoms with Gasteiger partial charge in [-0.1, -0.05) is 28.1 Å². The Kier molecular flexibility index (Phi) is 6.80. The van der Waals surface area contributed by atoms with Crippen LogP contribution in [0.25, 0.3) is 0 Å². The molecule has 0 fully saturated rings. The first-order valence-corrected chi connectivity index (χ1v) is 9.43. The number of hydrazone groups is 1. The molecule has 29 heavy (non-hydrogen) atoms. The predicted octanol–water partition coefficient (Wildman–Crippen LogP) is 5.39. The van der Waals surface area contributed by atoms with Gasteiger partial charge >= 0.3 is 0 Å². The van der Waals surface area contributed by atoms with Crippen molar-refractivity contribution in [3.63, 3.8) is 0 Å². The van der Waals surface area contributed by atoms with E-state index in [4.69, 9.17) is 9.47 Å². The summed E-state index contributed by atoms with van der Waals surface area (Å²) in [4.78, 5) is 10.2. The molecule has 1 N–H and O–H groups in total. The number of anilines is 1. The van der Waals surface area contributed by atoms with Crippen LogP contribution in [-0.2, 0) is 6.61 Å². The van der Waals surface area contributed by atoms with Crippen LogP contribution in [0.4, 0.5) is 11.4 Å². The maximum Gasteiger partial charge on any atom is 0.269 e. The third kappa shape index (κ3) is 5.79. The van der Waals surface area contributed by atoms with Crippen LogP contribution < -0.4 is 14.9 Å². The van der Waals surface area contributed by atoms with Gasteiger partial charge in [0.05, 0.1) is 23.9 Å². The molecule has 0 aliphatic rings. The SMILES string of the molecule is COc1cc(/C=N/Nc2ccc([N+](=O)[O-])cc2)ccc1OCc1ccc(Br)cc1. The summed E-state index contributed by atoms with van der Waals surface area (Å²) in [6.07, 6.45) is 1.63. The van der Waals surface area contributed by atoms with E-state index < -0.39 is 4.92 Å². The molecule has 0 saturated heterocycles. The molecule has 0 bridgehead atoms. The van der Waals surface area contributed by atoms with Crippen molar-refractivity contribution in [2.24, 2.45) is 5.10 Å². The van der Waals surface area contributed by atoms with Crippen molar-refractivity contribution >= 4 is 33.5 Å². The topological polar surface area (TPSA) is 86.0 Å². The fourth-order valence-electron chi connectivity index (χ4n) is 2.46. The molecule has 0 spiro atoms. The largest absolute Gasteiger partial charge is 0.493 e. The number of hydrogen-bond acceptors (Lipinski definition) is 6. The predicted molar refractivity (Wildman–Crippen MR) is 116 cm³/mol. The van der Waals surface area contributed by atoms with Crippen molar-refractivity contribution in [3.05, 3.63) is 92.4 Å². The van der Waals surface area contributed by atoms with Crippen molar-refractivity contribution in [1.82, 2.24) is 0 Å². The van der Waals surface area contributed by atoms with Gasteiger partial charge in [0, 0.05) is 16.6 Å². The van der Waals surface area contributed by atoms with E-state index in [1.165, 1.54) is 12.1 Å². The van der Waals surface area contributed by atoms with Crippen molar-refractivity contribution < 1.29 is 14.4 Å². The highest BCUT2D eigenvalue weighted by Crippen LogP contribution is 2.28. The number of rotatable bonds is 8. The van der Waals surface area contributed by atoms with Gasteiger partial charge in [0.15, 0.2) is 11.5 Å². The molecule has 0 amide bonds. The zero-order chi connectivity index (χ0) is 20.6. The summed E-state index contributed by atoms with van der Waals surface area (Å²) in [5.74, 6) is 1.23. The van der Waals surface area contributed by atoms with Gasteiger partial charge in [0.25, 0.3) is 5.69 Å². The summed E-state index contributed by atoms with van der Waals surface area (Å²) in [7, 11) is 1.58. The normalized spacial score (nSPS) is 10.7. The minimum atomic E-state index is -0.445. The lowest BCUT2D eigenvalue weighted by Gasteiger charge is -2.11. The number of benzene rings is 3. The second-order valence-corrected chi connectivity index (χ2v) is 6.92. The van der Waals surface area contributed by atoms with Gasteiger partial charge in [-0.3, -0.25) is 15.5 Å². The molecule has 0 radical (unpaired) electrons. The van der Waals surface area contributed by atoms with E-state index in [-0.39, 0.29) is 5.69 Å². The van der Waals surface area contributed by atoms with E-state index in [1.54, 1.807) is 25.5 Å². The summed E-state index contributed by atoms with van der Waals surface area (Å²) < 4.78 is 12.3. The Morgan fingerprint density at radius 3 is 2.45 bits per heavy atom. The smallest absolute Gasteiger partial charge is 0.269 e. The highest BCUT2D eigenvalue weighted by atomic mass is 79.9. The summed E-state index contributed by atoms with van der Waals surface area (Å²) in [5, 5.41) is 14.8. The van der Waals surface area contributed by atoms with E-state index in [2.05, 4.69) is 26.5 Å². The Morgan fingerprint density at radius 2 is 1.79 bits per heavy atom. The molecule has 7 nitrogen and oxygen atoms in total. The molecule has 0 aliphatic carbocycles. The second-order valence-electron chi connectivity index (χ2n) is 6.00. The van der Waals surface area contributed by atoms with Gasteiger partial charge in [-0.15, -0.1) is 0 Å². The van der Waals surface area contributed by atoms with Crippen LogP contribution in [0.3, 0.4) is 0 Å². The third-order valence-electron chi connectivity index (χ3n) is 3.98. The first kappa shape index (κ1) is 20.3. The number of methoxy groups -OCH3 is 1. The minimum absolute atomic E-state index is 0.0305. The van der Waals surface area contributed by atoms with Crippen molar-refractivity contribution in [3.8, 4) is 11.5 Å². The molecule has 3 aromatic carbocycles. The average molecular weight is 456 g/mol. The Hall–Kier alpha value is -3.39. The molecular weight excluding hydrogens is 438 g/mol. The van der Waals surface area contributed by atoms with Crippen molar-refractivity contribution in [2.75, 3.05) is 12.5 Å². The summed E-state index contributed by atoms with van der Waals surface area (Å²) in [6, 6.07) is 19.4. The van der Waals surface area contributed by atoms with Crippen LogP contribution in [0, 0.1) is 10.1 Å². The minimum Gasteiger partial charge on any atom is -0.493 e. The molecule has 0 heterocycles. The Morgan fingerprint density at radius 1 is 1.07 bits per heavy atom. The molecule has 0 aliphatic heterocycles. The zero-order valence-electron chi connectivity index (χ0n) is 15.5. The van der Waals surface area contributed by atoms with Gasteiger partial charge < -0.3 is 9.47 Å². The van der Waals surface area contributed by atoms with Crippen LogP contribution in [0.2, 0.25) is 0 Å². The van der Waals surface area contributed by atoms with Crippen LogP contribution in [0.1, 0.15) is 11.1 Å². The van der Waals surface area contributed by atoms with Gasteiger partial charge in [-0.05, 0) is 53.6 Å². The number of nitro benzene ring substituents is 1. The Bertz CT molecular complexity index is 1010. The van der Waals surface area contributed by atoms with Crippen LogP contribution in [0.5, 0.6) is 11.5 Å². The van der Waals surface area contributed by atoms with Gasteiger partial charge in [-0.25, -0.2) is 0 Å². The van der Waals surface area contributed by atoms with E-state index in [0.29, 0.717) is 23.8 Å². The van der Waals surface area contributed by atoms with Crippen molar-refractivity contribution in [1.29, 1.82) is 0 Å². The number of nitrogens with one attached hydrogen (secondary N) is 1. The number of hydrogen-bond donors (Lipinski definition) is 1. The standard InChI is InChI=1S/C21H18BrN3O4/c1-28-21-12-16(13-23-24-18-7-9-19(10-8-18)25(26)27)4-11-20(21)29-14-15-2-5-17(22)6-3-15/h2-13,24H,14H2,1H3/b23-13+. The van der Waals surface area contributed by atoms with Crippen LogP contribution >= 0.6 is 15.9 Å². The van der Waals surface area contributed by atoms with Gasteiger partial charge in [0.1, 0.15) is 6.61 Å². The summed E-state index contributed by atoms with van der Waals surface area (Å²) in [6.45, 7) is 0.429. The Balaban J connectivity index is 1.62. The van der Waals surface area contributed by atoms with E-state index >= 15 is 0 Å². The molecule has 3 rings (SSSR count). The first-order valence-electron chi connectivity index (χ1n) is 8.64. The third-order valence-corrected chi connectivity index (χ3v) is 4.51. The summed E-state index contributed by atoms with van der Waals surface area (Å²) >= 11 is 3.41. The highest BCUT2D eigenvalue weighted by molar-refractivity contribution is 9.10. The van der Waals surface area contributed by atoms with Gasteiger partial charge in [0.2, 0.25) is 0 Å². The maximum absolute atomic E-state index is 10.7. The van der Waals surface area contributed by atoms with E-state index in [0.717, 1.165) is 15.6 Å². The fraction of sp³-hybridized carbons (Fsp3) is 0.0952. The average Bonchev–Trinajstić information content (AvgIpc) is 2.74. The zero-order valence-corrected chi connectivity index (χ0v) is 17.1. The molecule has 0 unspecified atom stereocenters. The quantitative estimate of drug-likeness (QED) is 0.279. The molecule has 8 heteroatoms. The second kappa shape index (κ2) is 9.70. The lowest BCUT2D eigenvalue weighted by Crippen LogP contribution is -1.98. The Labute approximate surface area is 176 Å². The van der Waals surface area contributed by atoms with E-state index in [1.807, 2.05) is 42.5 Å². The number of nitrogens with zero attached hydrogens (tertiary/aromatic N) is 2. The van der Waals surface area contributed by atoms with Gasteiger partial charge in [-0.2, -0.15) is 5.10 Å². The number of ether oxygens (including phenoxy) is 2. The fourth-order valence-corrected chi connectivity index (χ4v) is 2.73. The maximum atomic E-state index is 10.7. The molecule has 0 atom stereocenters. The van der Waals surface area contributed by atoms with Crippen LogP contribution in [-0.4, -0.2) is 18.2 Å². The first-order chi connectivity index (χ1) is 14.0.